The number of hydrogen-bond acceptors (Lipinski definition) is 3. The summed E-state index contributed by atoms with van der Waals surface area (Å²) < 4.78 is 2.64. The quantitative estimate of drug-likeness (QED) is 0.170. The number of hydrogen-bond donors (Lipinski definition) is 0. The van der Waals surface area contributed by atoms with Gasteiger partial charge in [-0.3, -0.25) is 4.98 Å². The van der Waals surface area contributed by atoms with Crippen molar-refractivity contribution in [1.82, 2.24) is 9.97 Å². The molecular weight excluding hydrogens is 673 g/mol. The molecule has 0 fully saturated rings. The molecule has 0 saturated heterocycles. The number of nitrogens with zero attached hydrogens (tertiary/aromatic N) is 2. The first-order chi connectivity index (χ1) is 26.5. The van der Waals surface area contributed by atoms with Crippen molar-refractivity contribution >= 4 is 53.2 Å². The third-order valence-corrected chi connectivity index (χ3v) is 12.8. The highest BCUT2D eigenvalue weighted by atomic mass is 32.1. The van der Waals surface area contributed by atoms with Gasteiger partial charge in [-0.1, -0.05) is 141 Å². The summed E-state index contributed by atoms with van der Waals surface area (Å²) in [6.45, 7) is 4.70. The van der Waals surface area contributed by atoms with Gasteiger partial charge < -0.3 is 0 Å². The van der Waals surface area contributed by atoms with Crippen molar-refractivity contribution in [2.24, 2.45) is 0 Å². The van der Waals surface area contributed by atoms with Crippen LogP contribution in [0.5, 0.6) is 0 Å². The third kappa shape index (κ3) is 4.72. The molecule has 1 aliphatic carbocycles. The Morgan fingerprint density at radius 1 is 0.463 bits per heavy atom. The molecule has 0 aliphatic heterocycles. The van der Waals surface area contributed by atoms with Gasteiger partial charge in [0.1, 0.15) is 0 Å². The molecule has 0 unspecified atom stereocenters. The average Bonchev–Trinajstić information content (AvgIpc) is 3.72. The molecule has 1 aliphatic rings. The van der Waals surface area contributed by atoms with Crippen molar-refractivity contribution < 1.29 is 0 Å². The molecule has 2 nitrogen and oxygen atoms in total. The summed E-state index contributed by atoms with van der Waals surface area (Å²) in [5, 5.41) is 6.29. The van der Waals surface area contributed by atoms with Crippen LogP contribution in [0.4, 0.5) is 0 Å². The van der Waals surface area contributed by atoms with E-state index in [1.54, 1.807) is 0 Å². The summed E-state index contributed by atoms with van der Waals surface area (Å²) >= 11 is 1.88. The molecule has 3 heterocycles. The van der Waals surface area contributed by atoms with E-state index < -0.39 is 0 Å². The topological polar surface area (TPSA) is 25.8 Å². The van der Waals surface area contributed by atoms with E-state index in [9.17, 15) is 0 Å². The van der Waals surface area contributed by atoms with Gasteiger partial charge in [-0.05, 0) is 86.0 Å². The SMILES string of the molecule is CC1(C)c2cc(-c3ccc(-c4ccc5c(c4)nc(-c4ccccc4)c4ccc6c7ccccc7sc6c45)cc3)ccc2-c2ccc(-c3cccnc3)cc21. The molecule has 3 heteroatoms. The van der Waals surface area contributed by atoms with Crippen LogP contribution in [0.1, 0.15) is 25.0 Å². The molecular formula is C51H34N2S. The molecule has 54 heavy (non-hydrogen) atoms. The number of fused-ring (bicyclic) bond motifs is 10. The van der Waals surface area contributed by atoms with Crippen LogP contribution < -0.4 is 0 Å². The highest BCUT2D eigenvalue weighted by Gasteiger charge is 2.36. The summed E-state index contributed by atoms with van der Waals surface area (Å²) in [6.07, 6.45) is 3.77. The van der Waals surface area contributed by atoms with Crippen molar-refractivity contribution in [3.05, 3.63) is 181 Å². The number of aromatic nitrogens is 2. The monoisotopic (exact) mass is 706 g/mol. The van der Waals surface area contributed by atoms with Gasteiger partial charge in [-0.2, -0.15) is 0 Å². The molecule has 11 rings (SSSR count). The minimum atomic E-state index is -0.110. The smallest absolute Gasteiger partial charge is 0.0788 e. The number of benzene rings is 7. The van der Waals surface area contributed by atoms with Gasteiger partial charge in [-0.25, -0.2) is 4.98 Å². The Bertz CT molecular complexity index is 3100. The Kier molecular flexibility index (Phi) is 6.80. The fourth-order valence-electron chi connectivity index (χ4n) is 8.75. The lowest BCUT2D eigenvalue weighted by molar-refractivity contribution is 0.661. The van der Waals surface area contributed by atoms with Gasteiger partial charge >= 0.3 is 0 Å². The van der Waals surface area contributed by atoms with Crippen LogP contribution in [0, 0.1) is 0 Å². The van der Waals surface area contributed by atoms with Crippen LogP contribution >= 0.6 is 11.3 Å². The minimum absolute atomic E-state index is 0.110. The second-order valence-electron chi connectivity index (χ2n) is 15.0. The van der Waals surface area contributed by atoms with Gasteiger partial charge in [0.25, 0.3) is 0 Å². The zero-order valence-corrected chi connectivity index (χ0v) is 30.8. The average molecular weight is 707 g/mol. The van der Waals surface area contributed by atoms with E-state index in [-0.39, 0.29) is 5.41 Å². The highest BCUT2D eigenvalue weighted by molar-refractivity contribution is 7.26. The number of thiophene rings is 1. The molecule has 0 bridgehead atoms. The molecule has 7 aromatic carbocycles. The first-order valence-corrected chi connectivity index (χ1v) is 19.4. The Morgan fingerprint density at radius 3 is 1.78 bits per heavy atom. The zero-order chi connectivity index (χ0) is 36.0. The number of rotatable bonds is 4. The number of pyridine rings is 2. The minimum Gasteiger partial charge on any atom is -0.264 e. The summed E-state index contributed by atoms with van der Waals surface area (Å²) in [5.41, 5.74) is 15.6. The van der Waals surface area contributed by atoms with E-state index in [1.165, 1.54) is 86.4 Å². The second kappa shape index (κ2) is 11.8. The fraction of sp³-hybridized carbons (Fsp3) is 0.0588. The van der Waals surface area contributed by atoms with Gasteiger partial charge in [0.05, 0.1) is 11.2 Å². The molecule has 3 aromatic heterocycles. The second-order valence-corrected chi connectivity index (χ2v) is 16.0. The fourth-order valence-corrected chi connectivity index (χ4v) is 10.0. The Morgan fingerprint density at radius 2 is 1.06 bits per heavy atom. The normalized spacial score (nSPS) is 13.1. The predicted octanol–water partition coefficient (Wildman–Crippen LogP) is 14.1. The standard InChI is InChI=1S/C51H34N2S/c1-51(2)44-27-34(18-21-38(44)39-22-19-35(28-45(39)51)37-11-8-26-52-30-37)31-14-16-32(17-15-31)36-20-23-42-46(29-36)53-49(33-9-4-3-5-10-33)43-25-24-41-40-12-6-7-13-47(40)54-50(41)48(42)43/h3-30H,1-2H3. The molecule has 0 N–H and O–H groups in total. The van der Waals surface area contributed by atoms with Crippen LogP contribution in [0.15, 0.2) is 170 Å². The van der Waals surface area contributed by atoms with Gasteiger partial charge in [0, 0.05) is 59.7 Å². The third-order valence-electron chi connectivity index (χ3n) is 11.6. The molecule has 254 valence electrons. The maximum Gasteiger partial charge on any atom is 0.0788 e. The van der Waals surface area contributed by atoms with E-state index in [0.717, 1.165) is 22.3 Å². The van der Waals surface area contributed by atoms with Crippen molar-refractivity contribution in [2.45, 2.75) is 19.3 Å². The van der Waals surface area contributed by atoms with E-state index >= 15 is 0 Å². The summed E-state index contributed by atoms with van der Waals surface area (Å²) in [4.78, 5) is 9.73. The predicted molar refractivity (Wildman–Crippen MR) is 229 cm³/mol. The lowest BCUT2D eigenvalue weighted by Crippen LogP contribution is -2.15. The Hall–Kier alpha value is -6.42. The van der Waals surface area contributed by atoms with Gasteiger partial charge in [-0.15, -0.1) is 11.3 Å². The van der Waals surface area contributed by atoms with Crippen LogP contribution in [-0.2, 0) is 5.41 Å². The van der Waals surface area contributed by atoms with Gasteiger partial charge in [0.2, 0.25) is 0 Å². The largest absolute Gasteiger partial charge is 0.264 e. The summed E-state index contributed by atoms with van der Waals surface area (Å²) in [7, 11) is 0. The zero-order valence-electron chi connectivity index (χ0n) is 30.0. The van der Waals surface area contributed by atoms with E-state index in [2.05, 4.69) is 170 Å². The molecule has 10 aromatic rings. The molecule has 0 saturated carbocycles. The molecule has 0 amide bonds. The van der Waals surface area contributed by atoms with Crippen molar-refractivity contribution in [1.29, 1.82) is 0 Å². The Balaban J connectivity index is 0.986. The molecule has 0 atom stereocenters. The first-order valence-electron chi connectivity index (χ1n) is 18.6. The highest BCUT2D eigenvalue weighted by Crippen LogP contribution is 2.51. The van der Waals surface area contributed by atoms with Crippen LogP contribution in [0.25, 0.3) is 97.6 Å². The lowest BCUT2D eigenvalue weighted by atomic mass is 9.81. The van der Waals surface area contributed by atoms with Gasteiger partial charge in [0.15, 0.2) is 0 Å². The maximum absolute atomic E-state index is 5.37. The first kappa shape index (κ1) is 31.1. The lowest BCUT2D eigenvalue weighted by Gasteiger charge is -2.22. The Labute approximate surface area is 318 Å². The van der Waals surface area contributed by atoms with Crippen LogP contribution in [0.2, 0.25) is 0 Å². The van der Waals surface area contributed by atoms with Crippen molar-refractivity contribution in [3.63, 3.8) is 0 Å². The van der Waals surface area contributed by atoms with E-state index in [1.807, 2.05) is 29.8 Å². The summed E-state index contributed by atoms with van der Waals surface area (Å²) in [5.74, 6) is 0. The maximum atomic E-state index is 5.37. The van der Waals surface area contributed by atoms with Crippen molar-refractivity contribution in [2.75, 3.05) is 0 Å². The molecule has 0 radical (unpaired) electrons. The van der Waals surface area contributed by atoms with E-state index in [4.69, 9.17) is 4.98 Å². The van der Waals surface area contributed by atoms with Crippen LogP contribution in [-0.4, -0.2) is 9.97 Å². The molecule has 0 spiro atoms. The summed E-state index contributed by atoms with van der Waals surface area (Å²) in [6, 6.07) is 57.8. The van der Waals surface area contributed by atoms with Crippen LogP contribution in [0.3, 0.4) is 0 Å². The van der Waals surface area contributed by atoms with Crippen molar-refractivity contribution in [3.8, 4) is 55.8 Å². The van der Waals surface area contributed by atoms with E-state index in [0.29, 0.717) is 0 Å².